The molecule has 2 aliphatic rings. The highest BCUT2D eigenvalue weighted by Gasteiger charge is 2.29. The van der Waals surface area contributed by atoms with Crippen molar-refractivity contribution in [2.45, 2.75) is 42.7 Å². The first kappa shape index (κ1) is 23.9. The summed E-state index contributed by atoms with van der Waals surface area (Å²) in [7, 11) is -3.44. The lowest BCUT2D eigenvalue weighted by Gasteiger charge is -2.35. The van der Waals surface area contributed by atoms with Crippen molar-refractivity contribution >= 4 is 33.2 Å². The van der Waals surface area contributed by atoms with Gasteiger partial charge in [-0.05, 0) is 43.4 Å². The highest BCUT2D eigenvalue weighted by Crippen LogP contribution is 2.28. The molecule has 3 heterocycles. The monoisotopic (exact) mass is 489 g/mol. The Morgan fingerprint density at radius 2 is 1.45 bits per heavy atom. The number of thiophene rings is 1. The maximum absolute atomic E-state index is 12.8. The van der Waals surface area contributed by atoms with Gasteiger partial charge >= 0.3 is 0 Å². The number of hydrogen-bond acceptors (Lipinski definition) is 5. The molecule has 1 aromatic carbocycles. The van der Waals surface area contributed by atoms with Crippen molar-refractivity contribution in [1.29, 1.82) is 0 Å². The standard InChI is InChI=1S/C24H31N3O4S2/c28-22(10-6-9-20-7-2-1-3-8-20)25-15-17-26(18-16-25)23(29)19-21-11-12-24(32-21)33(30,31)27-13-4-5-14-27/h1-3,7-8,11-12H,4-6,9-10,13-19H2. The number of rotatable bonds is 8. The minimum atomic E-state index is -3.44. The molecule has 178 valence electrons. The van der Waals surface area contributed by atoms with Crippen LogP contribution in [0.4, 0.5) is 0 Å². The largest absolute Gasteiger partial charge is 0.339 e. The van der Waals surface area contributed by atoms with E-state index in [2.05, 4.69) is 12.1 Å². The number of carbonyl (C=O) groups excluding carboxylic acids is 2. The fourth-order valence-corrected chi connectivity index (χ4v) is 7.38. The van der Waals surface area contributed by atoms with E-state index in [4.69, 9.17) is 0 Å². The Morgan fingerprint density at radius 1 is 0.818 bits per heavy atom. The molecule has 2 amide bonds. The first-order chi connectivity index (χ1) is 15.9. The van der Waals surface area contributed by atoms with Crippen molar-refractivity contribution in [3.05, 3.63) is 52.9 Å². The normalized spacial score (nSPS) is 17.5. The molecule has 2 aliphatic heterocycles. The van der Waals surface area contributed by atoms with Gasteiger partial charge in [0.05, 0.1) is 6.42 Å². The maximum Gasteiger partial charge on any atom is 0.252 e. The zero-order valence-electron chi connectivity index (χ0n) is 18.8. The second kappa shape index (κ2) is 10.8. The van der Waals surface area contributed by atoms with Gasteiger partial charge in [0.25, 0.3) is 10.0 Å². The minimum Gasteiger partial charge on any atom is -0.339 e. The Bertz CT molecular complexity index is 1050. The van der Waals surface area contributed by atoms with E-state index in [1.807, 2.05) is 23.1 Å². The lowest BCUT2D eigenvalue weighted by molar-refractivity contribution is -0.139. The van der Waals surface area contributed by atoms with Crippen LogP contribution in [0.15, 0.2) is 46.7 Å². The minimum absolute atomic E-state index is 0.0156. The second-order valence-electron chi connectivity index (χ2n) is 8.61. The summed E-state index contributed by atoms with van der Waals surface area (Å²) in [6.45, 7) is 3.29. The van der Waals surface area contributed by atoms with Crippen molar-refractivity contribution in [2.75, 3.05) is 39.3 Å². The number of carbonyl (C=O) groups is 2. The molecule has 0 N–H and O–H groups in total. The van der Waals surface area contributed by atoms with Gasteiger partial charge in [-0.2, -0.15) is 4.31 Å². The molecular weight excluding hydrogens is 458 g/mol. The van der Waals surface area contributed by atoms with E-state index in [0.29, 0.717) is 49.9 Å². The summed E-state index contributed by atoms with van der Waals surface area (Å²) >= 11 is 1.19. The number of amides is 2. The Labute approximate surface area is 200 Å². The maximum atomic E-state index is 12.8. The predicted octanol–water partition coefficient (Wildman–Crippen LogP) is 2.77. The smallest absolute Gasteiger partial charge is 0.252 e. The van der Waals surface area contributed by atoms with Gasteiger partial charge in [-0.25, -0.2) is 8.42 Å². The summed E-state index contributed by atoms with van der Waals surface area (Å²) in [6, 6.07) is 13.5. The highest BCUT2D eigenvalue weighted by atomic mass is 32.2. The second-order valence-corrected chi connectivity index (χ2v) is 11.9. The molecule has 9 heteroatoms. The van der Waals surface area contributed by atoms with Gasteiger partial charge in [0, 0.05) is 50.6 Å². The van der Waals surface area contributed by atoms with Crippen LogP contribution in [-0.4, -0.2) is 73.6 Å². The van der Waals surface area contributed by atoms with Gasteiger partial charge in [0.1, 0.15) is 4.21 Å². The third-order valence-corrected chi connectivity index (χ3v) is 9.76. The summed E-state index contributed by atoms with van der Waals surface area (Å²) < 4.78 is 27.2. The number of benzene rings is 1. The molecule has 2 saturated heterocycles. The molecule has 0 aliphatic carbocycles. The summed E-state index contributed by atoms with van der Waals surface area (Å²) in [5.74, 6) is 0.131. The van der Waals surface area contributed by atoms with Crippen LogP contribution in [0, 0.1) is 0 Å². The molecule has 0 saturated carbocycles. The fourth-order valence-electron chi connectivity index (χ4n) is 4.36. The summed E-state index contributed by atoms with van der Waals surface area (Å²) in [5, 5.41) is 0. The van der Waals surface area contributed by atoms with Gasteiger partial charge in [0.2, 0.25) is 11.8 Å². The van der Waals surface area contributed by atoms with Crippen LogP contribution in [0.3, 0.4) is 0 Å². The van der Waals surface area contributed by atoms with E-state index in [1.165, 1.54) is 21.2 Å². The van der Waals surface area contributed by atoms with E-state index in [0.717, 1.165) is 30.6 Å². The number of hydrogen-bond donors (Lipinski definition) is 0. The molecule has 2 fully saturated rings. The van der Waals surface area contributed by atoms with Gasteiger partial charge < -0.3 is 9.80 Å². The van der Waals surface area contributed by atoms with Crippen LogP contribution < -0.4 is 0 Å². The topological polar surface area (TPSA) is 78.0 Å². The van der Waals surface area contributed by atoms with Crippen LogP contribution in [-0.2, 0) is 32.5 Å². The van der Waals surface area contributed by atoms with Gasteiger partial charge in [-0.3, -0.25) is 9.59 Å². The average Bonchev–Trinajstić information content (AvgIpc) is 3.53. The molecular formula is C24H31N3O4S2. The van der Waals surface area contributed by atoms with E-state index in [9.17, 15) is 18.0 Å². The zero-order chi connectivity index (χ0) is 23.3. The first-order valence-corrected chi connectivity index (χ1v) is 13.9. The SMILES string of the molecule is O=C(CCCc1ccccc1)N1CCN(C(=O)Cc2ccc(S(=O)(=O)N3CCCC3)s2)CC1. The number of sulfonamides is 1. The molecule has 0 bridgehead atoms. The molecule has 7 nitrogen and oxygen atoms in total. The quantitative estimate of drug-likeness (QED) is 0.571. The van der Waals surface area contributed by atoms with E-state index < -0.39 is 10.0 Å². The Hall–Kier alpha value is -2.23. The zero-order valence-corrected chi connectivity index (χ0v) is 20.5. The van der Waals surface area contributed by atoms with Crippen molar-refractivity contribution in [3.8, 4) is 0 Å². The van der Waals surface area contributed by atoms with E-state index >= 15 is 0 Å². The van der Waals surface area contributed by atoms with Gasteiger partial charge in [-0.15, -0.1) is 11.3 Å². The van der Waals surface area contributed by atoms with Gasteiger partial charge in [-0.1, -0.05) is 30.3 Å². The van der Waals surface area contributed by atoms with Crippen LogP contribution in [0.5, 0.6) is 0 Å². The van der Waals surface area contributed by atoms with Crippen LogP contribution in [0.1, 0.15) is 36.1 Å². The van der Waals surface area contributed by atoms with Crippen molar-refractivity contribution in [1.82, 2.24) is 14.1 Å². The van der Waals surface area contributed by atoms with E-state index in [1.54, 1.807) is 17.0 Å². The van der Waals surface area contributed by atoms with Crippen LogP contribution >= 0.6 is 11.3 Å². The molecule has 2 aromatic rings. The summed E-state index contributed by atoms with van der Waals surface area (Å²) in [5.41, 5.74) is 1.24. The number of piperazine rings is 1. The molecule has 33 heavy (non-hydrogen) atoms. The molecule has 0 atom stereocenters. The van der Waals surface area contributed by atoms with Crippen molar-refractivity contribution < 1.29 is 18.0 Å². The van der Waals surface area contributed by atoms with Crippen molar-refractivity contribution in [3.63, 3.8) is 0 Å². The third-order valence-electron chi connectivity index (χ3n) is 6.31. The molecule has 0 spiro atoms. The number of nitrogens with zero attached hydrogens (tertiary/aromatic N) is 3. The number of aryl methyl sites for hydroxylation is 1. The van der Waals surface area contributed by atoms with E-state index in [-0.39, 0.29) is 18.2 Å². The lowest BCUT2D eigenvalue weighted by Crippen LogP contribution is -2.50. The summed E-state index contributed by atoms with van der Waals surface area (Å²) in [6.07, 6.45) is 4.23. The molecule has 1 aromatic heterocycles. The fraction of sp³-hybridized carbons (Fsp3) is 0.500. The van der Waals surface area contributed by atoms with Gasteiger partial charge in [0.15, 0.2) is 0 Å². The van der Waals surface area contributed by atoms with Crippen LogP contribution in [0.25, 0.3) is 0 Å². The Balaban J connectivity index is 1.22. The Morgan fingerprint density at radius 3 is 2.12 bits per heavy atom. The summed E-state index contributed by atoms with van der Waals surface area (Å²) in [4.78, 5) is 29.7. The molecule has 0 radical (unpaired) electrons. The molecule has 4 rings (SSSR count). The highest BCUT2D eigenvalue weighted by molar-refractivity contribution is 7.91. The van der Waals surface area contributed by atoms with Crippen molar-refractivity contribution in [2.24, 2.45) is 0 Å². The third kappa shape index (κ3) is 6.02. The Kier molecular flexibility index (Phi) is 7.82. The predicted molar refractivity (Wildman–Crippen MR) is 129 cm³/mol. The molecule has 0 unspecified atom stereocenters. The first-order valence-electron chi connectivity index (χ1n) is 11.6. The average molecular weight is 490 g/mol. The lowest BCUT2D eigenvalue weighted by atomic mass is 10.1. The van der Waals surface area contributed by atoms with Crippen LogP contribution in [0.2, 0.25) is 0 Å².